The van der Waals surface area contributed by atoms with Gasteiger partial charge < -0.3 is 0 Å². The molecule has 6 aromatic rings. The molecule has 0 fully saturated rings. The molecule has 2 radical (unpaired) electrons. The molecule has 0 heterocycles. The monoisotopic (exact) mass is 654 g/mol. The fraction of sp³-hybridized carbons (Fsp3) is 0.143. The van der Waals surface area contributed by atoms with E-state index in [2.05, 4.69) is 147 Å². The summed E-state index contributed by atoms with van der Waals surface area (Å²) in [4.78, 5) is 0. The second-order valence-corrected chi connectivity index (χ2v) is 18.0. The molecule has 6 aromatic carbocycles. The molecule has 0 atom stereocenters. The average Bonchev–Trinajstić information content (AvgIpc) is 3.05. The first kappa shape index (κ1) is 24.5. The van der Waals surface area contributed by atoms with Crippen molar-refractivity contribution in [2.45, 2.75) is 32.5 Å². The van der Waals surface area contributed by atoms with E-state index in [9.17, 15) is 0 Å². The quantitative estimate of drug-likeness (QED) is 0.164. The van der Waals surface area contributed by atoms with Gasteiger partial charge in [0.1, 0.15) is 0 Å². The summed E-state index contributed by atoms with van der Waals surface area (Å²) in [7, 11) is 0. The molecule has 12 rings (SSSR count). The SMILES string of the molecule is Cc1ccc2c(c1)[C]1([Sn][C]34c5ccccc5C(c5ccccc53)c3ccc(C)cc34)c3ccccc3C2c2ccccc21. The van der Waals surface area contributed by atoms with Crippen LogP contribution in [0.5, 0.6) is 0 Å². The van der Waals surface area contributed by atoms with Gasteiger partial charge in [0.05, 0.1) is 0 Å². The summed E-state index contributed by atoms with van der Waals surface area (Å²) in [5, 5.41) is 0. The van der Waals surface area contributed by atoms with Crippen LogP contribution in [0.3, 0.4) is 0 Å². The van der Waals surface area contributed by atoms with Gasteiger partial charge in [0.2, 0.25) is 0 Å². The summed E-state index contributed by atoms with van der Waals surface area (Å²) in [5.74, 6) is 0.607. The Kier molecular flexibility index (Phi) is 4.79. The Morgan fingerprint density at radius 2 is 0.674 bits per heavy atom. The third kappa shape index (κ3) is 2.85. The molecule has 0 aromatic heterocycles. The molecule has 0 spiro atoms. The first-order chi connectivity index (χ1) is 21.1. The van der Waals surface area contributed by atoms with Crippen LogP contribution in [0.1, 0.15) is 89.7 Å². The first-order valence-corrected chi connectivity index (χ1v) is 18.4. The van der Waals surface area contributed by atoms with Crippen LogP contribution in [0.4, 0.5) is 0 Å². The van der Waals surface area contributed by atoms with Crippen LogP contribution in [0, 0.1) is 13.8 Å². The van der Waals surface area contributed by atoms with Crippen LogP contribution in [0.25, 0.3) is 0 Å². The Bertz CT molecular complexity index is 1920. The molecule has 0 nitrogen and oxygen atoms in total. The summed E-state index contributed by atoms with van der Waals surface area (Å²) < 4.78 is -0.254. The van der Waals surface area contributed by atoms with Crippen molar-refractivity contribution in [3.8, 4) is 0 Å². The molecule has 0 saturated carbocycles. The summed E-state index contributed by atoms with van der Waals surface area (Å²) >= 11 is -1.56. The second-order valence-electron chi connectivity index (χ2n) is 13.0. The van der Waals surface area contributed by atoms with Crippen molar-refractivity contribution < 1.29 is 0 Å². The molecular weight excluding hydrogens is 623 g/mol. The van der Waals surface area contributed by atoms with Crippen molar-refractivity contribution in [1.29, 1.82) is 0 Å². The van der Waals surface area contributed by atoms with Crippen LogP contribution in [0.15, 0.2) is 133 Å². The molecule has 43 heavy (non-hydrogen) atoms. The maximum atomic E-state index is 2.56. The molecule has 4 bridgehead atoms. The molecule has 0 unspecified atom stereocenters. The molecule has 0 saturated heterocycles. The molecule has 6 aliphatic carbocycles. The van der Waals surface area contributed by atoms with Crippen molar-refractivity contribution in [1.82, 2.24) is 0 Å². The number of rotatable bonds is 2. The van der Waals surface area contributed by atoms with Crippen molar-refractivity contribution in [3.05, 3.63) is 211 Å². The van der Waals surface area contributed by atoms with E-state index >= 15 is 0 Å². The Hall–Kier alpha value is -3.88. The zero-order valence-corrected chi connectivity index (χ0v) is 27.2. The summed E-state index contributed by atoms with van der Waals surface area (Å²) in [6.45, 7) is 4.57. The van der Waals surface area contributed by atoms with Crippen molar-refractivity contribution in [2.24, 2.45) is 0 Å². The topological polar surface area (TPSA) is 0 Å². The van der Waals surface area contributed by atoms with E-state index in [0.29, 0.717) is 11.8 Å². The van der Waals surface area contributed by atoms with Gasteiger partial charge in [0.25, 0.3) is 0 Å². The van der Waals surface area contributed by atoms with Gasteiger partial charge in [0, 0.05) is 0 Å². The minimum absolute atomic E-state index is 0.127. The Balaban J connectivity index is 1.40. The molecular formula is C42H30Sn. The standard InChI is InChI=1S/2C21H15.Sn/c2*1-13-10-11-18-19(12-13)21-16-8-4-2-6-14(16)20(18)15-7-3-5-9-17(15)21;/h2*2-12,20H,1H3;. The summed E-state index contributed by atoms with van der Waals surface area (Å²) in [6, 6.07) is 52.7. The van der Waals surface area contributed by atoms with Crippen LogP contribution < -0.4 is 0 Å². The van der Waals surface area contributed by atoms with Gasteiger partial charge in [-0.15, -0.1) is 0 Å². The predicted molar refractivity (Wildman–Crippen MR) is 176 cm³/mol. The third-order valence-electron chi connectivity index (χ3n) is 10.9. The second kappa shape index (κ2) is 8.39. The number of hydrogen-bond donors (Lipinski definition) is 0. The van der Waals surface area contributed by atoms with Crippen LogP contribution in [-0.4, -0.2) is 21.1 Å². The normalized spacial score (nSPS) is 24.3. The fourth-order valence-corrected chi connectivity index (χ4v) is 17.2. The first-order valence-electron chi connectivity index (χ1n) is 15.5. The molecule has 202 valence electrons. The van der Waals surface area contributed by atoms with Gasteiger partial charge in [-0.2, -0.15) is 0 Å². The van der Waals surface area contributed by atoms with E-state index in [0.717, 1.165) is 0 Å². The average molecular weight is 653 g/mol. The van der Waals surface area contributed by atoms with Crippen LogP contribution in [-0.2, 0) is 6.86 Å². The van der Waals surface area contributed by atoms with Gasteiger partial charge >= 0.3 is 265 Å². The Labute approximate surface area is 263 Å². The molecule has 0 aliphatic heterocycles. The third-order valence-corrected chi connectivity index (χ3v) is 17.7. The van der Waals surface area contributed by atoms with Crippen LogP contribution in [0.2, 0.25) is 0 Å². The van der Waals surface area contributed by atoms with Gasteiger partial charge in [-0.3, -0.25) is 0 Å². The van der Waals surface area contributed by atoms with Crippen molar-refractivity contribution >= 4 is 21.1 Å². The molecule has 0 amide bonds. The number of benzene rings is 6. The maximum absolute atomic E-state index is 2.56. The zero-order chi connectivity index (χ0) is 28.5. The molecule has 1 heteroatoms. The van der Waals surface area contributed by atoms with Gasteiger partial charge in [-0.1, -0.05) is 0 Å². The van der Waals surface area contributed by atoms with Crippen molar-refractivity contribution in [2.75, 3.05) is 0 Å². The van der Waals surface area contributed by atoms with E-state index in [1.807, 2.05) is 0 Å². The zero-order valence-electron chi connectivity index (χ0n) is 24.4. The van der Waals surface area contributed by atoms with Gasteiger partial charge in [0.15, 0.2) is 0 Å². The van der Waals surface area contributed by atoms with Gasteiger partial charge in [-0.25, -0.2) is 0 Å². The van der Waals surface area contributed by atoms with E-state index < -0.39 is 21.1 Å². The summed E-state index contributed by atoms with van der Waals surface area (Å²) in [5.41, 5.74) is 21.3. The summed E-state index contributed by atoms with van der Waals surface area (Å²) in [6.07, 6.45) is 0. The van der Waals surface area contributed by atoms with E-state index in [1.54, 1.807) is 33.4 Å². The minimum atomic E-state index is -1.56. The Morgan fingerprint density at radius 3 is 1.02 bits per heavy atom. The predicted octanol–water partition coefficient (Wildman–Crippen LogP) is 8.91. The molecule has 6 aliphatic rings. The number of hydrogen-bond acceptors (Lipinski definition) is 0. The molecule has 0 N–H and O–H groups in total. The van der Waals surface area contributed by atoms with Crippen LogP contribution >= 0.6 is 0 Å². The fourth-order valence-electron chi connectivity index (χ4n) is 9.42. The number of aryl methyl sites for hydroxylation is 2. The van der Waals surface area contributed by atoms with Crippen molar-refractivity contribution in [3.63, 3.8) is 0 Å². The Morgan fingerprint density at radius 1 is 0.372 bits per heavy atom. The van der Waals surface area contributed by atoms with E-state index in [-0.39, 0.29) is 6.86 Å². The van der Waals surface area contributed by atoms with Gasteiger partial charge in [-0.05, 0) is 0 Å². The van der Waals surface area contributed by atoms with E-state index in [4.69, 9.17) is 0 Å². The van der Waals surface area contributed by atoms with E-state index in [1.165, 1.54) is 44.5 Å².